The number of nitrogens with zero attached hydrogens (tertiary/aromatic N) is 1. The van der Waals surface area contributed by atoms with Crippen LogP contribution >= 0.6 is 11.3 Å². The van der Waals surface area contributed by atoms with Gasteiger partial charge in [0.25, 0.3) is 10.0 Å². The van der Waals surface area contributed by atoms with Gasteiger partial charge in [-0.05, 0) is 30.3 Å². The molecule has 0 unspecified atom stereocenters. The minimum Gasteiger partial charge on any atom is -0.326 e. The predicted octanol–water partition coefficient (Wildman–Crippen LogP) is 2.38. The molecule has 1 heterocycles. The fourth-order valence-corrected chi connectivity index (χ4v) is 3.75. The molecule has 0 bridgehead atoms. The Morgan fingerprint density at radius 2 is 1.95 bits per heavy atom. The van der Waals surface area contributed by atoms with Crippen molar-refractivity contribution in [2.24, 2.45) is 0 Å². The van der Waals surface area contributed by atoms with E-state index in [1.54, 1.807) is 18.2 Å². The van der Waals surface area contributed by atoms with Gasteiger partial charge in [0.1, 0.15) is 15.2 Å². The van der Waals surface area contributed by atoms with Crippen LogP contribution in [0.5, 0.6) is 0 Å². The molecule has 0 atom stereocenters. The van der Waals surface area contributed by atoms with E-state index >= 15 is 0 Å². The van der Waals surface area contributed by atoms with E-state index in [1.165, 1.54) is 25.1 Å². The molecule has 1 amide bonds. The van der Waals surface area contributed by atoms with E-state index in [2.05, 4.69) is 10.0 Å². The van der Waals surface area contributed by atoms with Crippen molar-refractivity contribution >= 4 is 38.6 Å². The Labute approximate surface area is 126 Å². The number of nitrogens with one attached hydrogen (secondary N) is 2. The van der Waals surface area contributed by atoms with Gasteiger partial charge >= 0.3 is 0 Å². The zero-order valence-corrected chi connectivity index (χ0v) is 12.6. The highest BCUT2D eigenvalue weighted by molar-refractivity contribution is 7.94. The normalized spacial score (nSPS) is 10.7. The third-order valence-electron chi connectivity index (χ3n) is 2.39. The van der Waals surface area contributed by atoms with Crippen LogP contribution in [0.2, 0.25) is 0 Å². The number of hydrogen-bond donors (Lipinski definition) is 2. The van der Waals surface area contributed by atoms with Gasteiger partial charge in [0, 0.05) is 12.6 Å². The molecule has 0 saturated carbocycles. The molecule has 0 aliphatic heterocycles. The van der Waals surface area contributed by atoms with Crippen molar-refractivity contribution in [3.8, 4) is 6.07 Å². The molecule has 108 valence electrons. The lowest BCUT2D eigenvalue weighted by atomic mass is 10.3. The van der Waals surface area contributed by atoms with Crippen molar-refractivity contribution in [2.75, 3.05) is 10.0 Å². The largest absolute Gasteiger partial charge is 0.326 e. The van der Waals surface area contributed by atoms with Gasteiger partial charge in [0.2, 0.25) is 5.91 Å². The third kappa shape index (κ3) is 3.81. The molecular formula is C13H11N3O3S2. The minimum absolute atomic E-state index is 0.0592. The molecular weight excluding hydrogens is 310 g/mol. The summed E-state index contributed by atoms with van der Waals surface area (Å²) in [5.41, 5.74) is 0.819. The molecule has 2 rings (SSSR count). The molecule has 0 fully saturated rings. The zero-order valence-electron chi connectivity index (χ0n) is 11.0. The summed E-state index contributed by atoms with van der Waals surface area (Å²) in [4.78, 5) is 11.3. The average molecular weight is 321 g/mol. The fourth-order valence-electron chi connectivity index (χ4n) is 1.59. The van der Waals surface area contributed by atoms with Gasteiger partial charge in [-0.25, -0.2) is 8.42 Å². The summed E-state index contributed by atoms with van der Waals surface area (Å²) in [6.07, 6.45) is 0. The summed E-state index contributed by atoms with van der Waals surface area (Å²) in [5, 5.41) is 11.3. The zero-order chi connectivity index (χ0) is 15.5. The van der Waals surface area contributed by atoms with Crippen LogP contribution in [0.1, 0.15) is 11.8 Å². The van der Waals surface area contributed by atoms with Crippen molar-refractivity contribution in [3.63, 3.8) is 0 Å². The van der Waals surface area contributed by atoms with E-state index < -0.39 is 10.0 Å². The van der Waals surface area contributed by atoms with Gasteiger partial charge < -0.3 is 5.32 Å². The Morgan fingerprint density at radius 1 is 1.24 bits per heavy atom. The first-order chi connectivity index (χ1) is 9.90. The molecule has 0 spiro atoms. The summed E-state index contributed by atoms with van der Waals surface area (Å²) in [6, 6.07) is 11.1. The molecule has 0 saturated heterocycles. The molecule has 1 aromatic carbocycles. The molecule has 1 aromatic heterocycles. The Balaban J connectivity index is 2.24. The molecule has 8 heteroatoms. The highest BCUT2D eigenvalue weighted by Gasteiger charge is 2.17. The van der Waals surface area contributed by atoms with Crippen LogP contribution in [0, 0.1) is 11.3 Å². The highest BCUT2D eigenvalue weighted by Crippen LogP contribution is 2.24. The number of anilines is 2. The number of carbonyl (C=O) groups excluding carboxylic acids is 1. The Bertz CT molecular complexity index is 819. The van der Waals surface area contributed by atoms with Gasteiger partial charge in [-0.1, -0.05) is 6.07 Å². The number of thiophene rings is 1. The number of carbonyl (C=O) groups is 1. The fraction of sp³-hybridized carbons (Fsp3) is 0.0769. The van der Waals surface area contributed by atoms with Gasteiger partial charge in [0.15, 0.2) is 0 Å². The molecule has 0 aliphatic rings. The standard InChI is InChI=1S/C13H11N3O3S2/c1-9(17)15-10-3-2-4-11(7-10)16-21(18,19)13-6-5-12(8-14)20-13/h2-7,16H,1H3,(H,15,17). The smallest absolute Gasteiger partial charge is 0.271 e. The van der Waals surface area contributed by atoms with Gasteiger partial charge in [-0.3, -0.25) is 9.52 Å². The van der Waals surface area contributed by atoms with Crippen LogP contribution in [0.15, 0.2) is 40.6 Å². The van der Waals surface area contributed by atoms with E-state index in [0.29, 0.717) is 16.3 Å². The van der Waals surface area contributed by atoms with Crippen molar-refractivity contribution in [2.45, 2.75) is 11.1 Å². The highest BCUT2D eigenvalue weighted by atomic mass is 32.2. The van der Waals surface area contributed by atoms with Crippen LogP contribution in [-0.4, -0.2) is 14.3 Å². The summed E-state index contributed by atoms with van der Waals surface area (Å²) in [7, 11) is -3.74. The second kappa shape index (κ2) is 5.95. The topological polar surface area (TPSA) is 99.1 Å². The summed E-state index contributed by atoms with van der Waals surface area (Å²) in [6.45, 7) is 1.37. The SMILES string of the molecule is CC(=O)Nc1cccc(NS(=O)(=O)c2ccc(C#N)s2)c1. The van der Waals surface area contributed by atoms with Gasteiger partial charge in [-0.2, -0.15) is 5.26 Å². The average Bonchev–Trinajstić information content (AvgIpc) is 2.87. The molecule has 2 aromatic rings. The lowest BCUT2D eigenvalue weighted by molar-refractivity contribution is -0.114. The third-order valence-corrected chi connectivity index (χ3v) is 5.25. The number of rotatable bonds is 4. The molecule has 0 radical (unpaired) electrons. The van der Waals surface area contributed by atoms with E-state index in [1.807, 2.05) is 6.07 Å². The van der Waals surface area contributed by atoms with E-state index in [-0.39, 0.29) is 10.1 Å². The lowest BCUT2D eigenvalue weighted by Crippen LogP contribution is -2.12. The van der Waals surface area contributed by atoms with Crippen LogP contribution < -0.4 is 10.0 Å². The van der Waals surface area contributed by atoms with E-state index in [9.17, 15) is 13.2 Å². The van der Waals surface area contributed by atoms with Gasteiger partial charge in [-0.15, -0.1) is 11.3 Å². The number of nitriles is 1. The number of sulfonamides is 1. The van der Waals surface area contributed by atoms with Crippen LogP contribution in [0.3, 0.4) is 0 Å². The van der Waals surface area contributed by atoms with E-state index in [4.69, 9.17) is 5.26 Å². The Morgan fingerprint density at radius 3 is 2.57 bits per heavy atom. The monoisotopic (exact) mass is 321 g/mol. The van der Waals surface area contributed by atoms with Gasteiger partial charge in [0.05, 0.1) is 5.69 Å². The van der Waals surface area contributed by atoms with Crippen LogP contribution in [-0.2, 0) is 14.8 Å². The molecule has 2 N–H and O–H groups in total. The van der Waals surface area contributed by atoms with Crippen molar-refractivity contribution in [1.29, 1.82) is 5.26 Å². The molecule has 0 aliphatic carbocycles. The predicted molar refractivity (Wildman–Crippen MR) is 80.6 cm³/mol. The first-order valence-corrected chi connectivity index (χ1v) is 8.11. The maximum absolute atomic E-state index is 12.2. The summed E-state index contributed by atoms with van der Waals surface area (Å²) < 4.78 is 26.8. The first kappa shape index (κ1) is 15.0. The minimum atomic E-state index is -3.74. The second-order valence-electron chi connectivity index (χ2n) is 4.10. The van der Waals surface area contributed by atoms with E-state index in [0.717, 1.165) is 11.3 Å². The Kier molecular flexibility index (Phi) is 4.26. The number of benzene rings is 1. The van der Waals surface area contributed by atoms with Crippen LogP contribution in [0.4, 0.5) is 11.4 Å². The van der Waals surface area contributed by atoms with Crippen molar-refractivity contribution in [1.82, 2.24) is 0 Å². The van der Waals surface area contributed by atoms with Crippen molar-refractivity contribution < 1.29 is 13.2 Å². The Hall–Kier alpha value is -2.37. The van der Waals surface area contributed by atoms with Crippen LogP contribution in [0.25, 0.3) is 0 Å². The van der Waals surface area contributed by atoms with Crippen molar-refractivity contribution in [3.05, 3.63) is 41.3 Å². The first-order valence-electron chi connectivity index (χ1n) is 5.81. The maximum atomic E-state index is 12.2. The molecule has 21 heavy (non-hydrogen) atoms. The maximum Gasteiger partial charge on any atom is 0.271 e. The lowest BCUT2D eigenvalue weighted by Gasteiger charge is -2.08. The second-order valence-corrected chi connectivity index (χ2v) is 7.09. The summed E-state index contributed by atoms with van der Waals surface area (Å²) >= 11 is 0.893. The quantitative estimate of drug-likeness (QED) is 0.903. The summed E-state index contributed by atoms with van der Waals surface area (Å²) in [5.74, 6) is -0.244. The number of amides is 1. The number of hydrogen-bond acceptors (Lipinski definition) is 5. The molecule has 6 nitrogen and oxygen atoms in total.